The van der Waals surface area contributed by atoms with Crippen molar-refractivity contribution >= 4 is 23.2 Å². The molecule has 0 saturated carbocycles. The number of amides is 1. The Balaban J connectivity index is 0.000000381. The summed E-state index contributed by atoms with van der Waals surface area (Å²) in [6.45, 7) is -0.0915. The number of carbonyl (C=O) groups is 2. The van der Waals surface area contributed by atoms with Crippen LogP contribution in [0.4, 0.5) is 22.0 Å². The van der Waals surface area contributed by atoms with Crippen LogP contribution < -0.4 is 10.5 Å². The first-order chi connectivity index (χ1) is 11.4. The van der Waals surface area contributed by atoms with Gasteiger partial charge in [0.15, 0.2) is 5.06 Å². The van der Waals surface area contributed by atoms with E-state index in [1.54, 1.807) is 12.1 Å². The van der Waals surface area contributed by atoms with Gasteiger partial charge in [-0.05, 0) is 12.1 Å². The lowest BCUT2D eigenvalue weighted by molar-refractivity contribution is -0.192. The van der Waals surface area contributed by atoms with Crippen molar-refractivity contribution in [2.45, 2.75) is 24.6 Å². The van der Waals surface area contributed by atoms with Crippen molar-refractivity contribution < 1.29 is 41.4 Å². The van der Waals surface area contributed by atoms with Crippen molar-refractivity contribution in [3.8, 4) is 5.06 Å². The standard InChI is InChI=1S/C11H14F2N2O2S.C2HF3O2/c1-17-9-3-2-7(18-9)10(16)15-5-4-11(12,13)8(14)6-15;3-2(4,5)1(6)7/h2-3,8H,4-6,14H2,1H3;(H,6,7). The zero-order chi connectivity index (χ0) is 19.4. The number of ether oxygens (including phenoxy) is 1. The lowest BCUT2D eigenvalue weighted by Gasteiger charge is -2.36. The van der Waals surface area contributed by atoms with Gasteiger partial charge in [-0.2, -0.15) is 13.2 Å². The monoisotopic (exact) mass is 390 g/mol. The first-order valence-corrected chi connectivity index (χ1v) is 7.56. The van der Waals surface area contributed by atoms with Crippen molar-refractivity contribution in [1.29, 1.82) is 0 Å². The molecule has 0 radical (unpaired) electrons. The molecule has 12 heteroatoms. The highest BCUT2D eigenvalue weighted by atomic mass is 32.1. The van der Waals surface area contributed by atoms with Gasteiger partial charge in [-0.3, -0.25) is 4.79 Å². The molecule has 1 aliphatic heterocycles. The lowest BCUT2D eigenvalue weighted by Crippen LogP contribution is -2.56. The summed E-state index contributed by atoms with van der Waals surface area (Å²) in [5.74, 6) is -5.91. The van der Waals surface area contributed by atoms with Gasteiger partial charge in [-0.15, -0.1) is 0 Å². The number of piperidine rings is 1. The summed E-state index contributed by atoms with van der Waals surface area (Å²) in [7, 11) is 1.51. The Labute approximate surface area is 143 Å². The predicted octanol–water partition coefficient (Wildman–Crippen LogP) is 2.20. The number of aliphatic carboxylic acids is 1. The van der Waals surface area contributed by atoms with Gasteiger partial charge in [0.25, 0.3) is 11.8 Å². The molecule has 6 nitrogen and oxygen atoms in total. The van der Waals surface area contributed by atoms with Gasteiger partial charge in [-0.1, -0.05) is 11.3 Å². The number of carbonyl (C=O) groups excluding carboxylic acids is 1. The average Bonchev–Trinajstić information content (AvgIpc) is 2.98. The summed E-state index contributed by atoms with van der Waals surface area (Å²) in [4.78, 5) is 22.8. The molecule has 1 aromatic heterocycles. The average molecular weight is 390 g/mol. The minimum atomic E-state index is -5.08. The largest absolute Gasteiger partial charge is 0.490 e. The third-order valence-electron chi connectivity index (χ3n) is 3.20. The highest BCUT2D eigenvalue weighted by Crippen LogP contribution is 2.30. The van der Waals surface area contributed by atoms with E-state index in [4.69, 9.17) is 20.4 Å². The predicted molar refractivity (Wildman–Crippen MR) is 78.0 cm³/mol. The third-order valence-corrected chi connectivity index (χ3v) is 4.23. The van der Waals surface area contributed by atoms with Gasteiger partial charge in [0.1, 0.15) is 0 Å². The van der Waals surface area contributed by atoms with Gasteiger partial charge in [0.05, 0.1) is 18.0 Å². The van der Waals surface area contributed by atoms with Crippen LogP contribution in [-0.4, -0.2) is 60.2 Å². The second-order valence-electron chi connectivity index (χ2n) is 4.99. The zero-order valence-electron chi connectivity index (χ0n) is 12.8. The molecule has 1 fully saturated rings. The highest BCUT2D eigenvalue weighted by molar-refractivity contribution is 7.15. The fourth-order valence-electron chi connectivity index (χ4n) is 1.82. The van der Waals surface area contributed by atoms with E-state index in [0.717, 1.165) is 0 Å². The summed E-state index contributed by atoms with van der Waals surface area (Å²) in [5, 5.41) is 7.74. The van der Waals surface area contributed by atoms with Crippen LogP contribution >= 0.6 is 11.3 Å². The molecule has 3 N–H and O–H groups in total. The van der Waals surface area contributed by atoms with Crippen molar-refractivity contribution in [2.24, 2.45) is 5.73 Å². The number of carboxylic acid groups (broad SMARTS) is 1. The summed E-state index contributed by atoms with van der Waals surface area (Å²) in [5.41, 5.74) is 5.38. The highest BCUT2D eigenvalue weighted by Gasteiger charge is 2.43. The zero-order valence-corrected chi connectivity index (χ0v) is 13.7. The number of hydrogen-bond acceptors (Lipinski definition) is 5. The summed E-state index contributed by atoms with van der Waals surface area (Å²) < 4.78 is 63.2. The second-order valence-corrected chi connectivity index (χ2v) is 6.04. The molecule has 1 aromatic rings. The van der Waals surface area contributed by atoms with Crippen LogP contribution in [0.2, 0.25) is 0 Å². The van der Waals surface area contributed by atoms with E-state index in [-0.39, 0.29) is 25.4 Å². The van der Waals surface area contributed by atoms with Gasteiger partial charge in [-0.25, -0.2) is 13.6 Å². The van der Waals surface area contributed by atoms with E-state index in [1.807, 2.05) is 0 Å². The van der Waals surface area contributed by atoms with Crippen LogP contribution in [0.25, 0.3) is 0 Å². The van der Waals surface area contributed by atoms with E-state index in [9.17, 15) is 26.7 Å². The fraction of sp³-hybridized carbons (Fsp3) is 0.538. The molecule has 0 aromatic carbocycles. The molecule has 0 bridgehead atoms. The van der Waals surface area contributed by atoms with Crippen molar-refractivity contribution in [3.63, 3.8) is 0 Å². The maximum atomic E-state index is 13.2. The first-order valence-electron chi connectivity index (χ1n) is 6.75. The third kappa shape index (κ3) is 5.81. The lowest BCUT2D eigenvalue weighted by atomic mass is 10.0. The molecule has 1 unspecified atom stereocenters. The number of carboxylic acids is 1. The summed E-state index contributed by atoms with van der Waals surface area (Å²) in [6, 6.07) is 2.01. The Bertz CT molecular complexity index is 620. The first kappa shape index (κ1) is 21.1. The number of rotatable bonds is 2. The number of nitrogens with zero attached hydrogens (tertiary/aromatic N) is 1. The number of thiophene rings is 1. The number of alkyl halides is 5. The second kappa shape index (κ2) is 7.95. The minimum Gasteiger partial charge on any atom is -0.487 e. The van der Waals surface area contributed by atoms with Gasteiger partial charge in [0.2, 0.25) is 0 Å². The number of halogens is 5. The Morgan fingerprint density at radius 2 is 1.96 bits per heavy atom. The van der Waals surface area contributed by atoms with Crippen LogP contribution in [-0.2, 0) is 4.79 Å². The Morgan fingerprint density at radius 1 is 1.40 bits per heavy atom. The van der Waals surface area contributed by atoms with Gasteiger partial charge < -0.3 is 20.5 Å². The van der Waals surface area contributed by atoms with Crippen LogP contribution in [0, 0.1) is 0 Å². The maximum absolute atomic E-state index is 13.2. The Kier molecular flexibility index (Phi) is 6.71. The molecule has 2 heterocycles. The smallest absolute Gasteiger partial charge is 0.487 e. The number of hydrogen-bond donors (Lipinski definition) is 2. The van der Waals surface area contributed by atoms with E-state index in [1.165, 1.54) is 23.3 Å². The SMILES string of the molecule is COc1ccc(C(=O)N2CCC(F)(F)C(N)C2)s1.O=C(O)C(F)(F)F. The molecular formula is C13H15F5N2O4S. The van der Waals surface area contributed by atoms with E-state index < -0.39 is 24.1 Å². The molecule has 0 aliphatic carbocycles. The van der Waals surface area contributed by atoms with Gasteiger partial charge in [0, 0.05) is 19.5 Å². The molecule has 25 heavy (non-hydrogen) atoms. The number of nitrogens with two attached hydrogens (primary N) is 1. The van der Waals surface area contributed by atoms with E-state index in [2.05, 4.69) is 0 Å². The Morgan fingerprint density at radius 3 is 2.36 bits per heavy atom. The number of methoxy groups -OCH3 is 1. The molecule has 2 rings (SSSR count). The van der Waals surface area contributed by atoms with Crippen molar-refractivity contribution in [2.75, 3.05) is 20.2 Å². The van der Waals surface area contributed by atoms with E-state index >= 15 is 0 Å². The summed E-state index contributed by atoms with van der Waals surface area (Å²) >= 11 is 1.19. The van der Waals surface area contributed by atoms with Crippen LogP contribution in [0.3, 0.4) is 0 Å². The molecule has 142 valence electrons. The van der Waals surface area contributed by atoms with Gasteiger partial charge >= 0.3 is 12.1 Å². The van der Waals surface area contributed by atoms with Crippen LogP contribution in [0.5, 0.6) is 5.06 Å². The number of likely N-dealkylation sites (tertiary alicyclic amines) is 1. The van der Waals surface area contributed by atoms with Crippen molar-refractivity contribution in [1.82, 2.24) is 4.90 Å². The molecule has 1 amide bonds. The quantitative estimate of drug-likeness (QED) is 0.756. The minimum absolute atomic E-state index is 0.0275. The normalized spacial score (nSPS) is 19.6. The van der Waals surface area contributed by atoms with Crippen LogP contribution in [0.1, 0.15) is 16.1 Å². The molecule has 1 aliphatic rings. The Hall–Kier alpha value is -1.95. The van der Waals surface area contributed by atoms with E-state index in [0.29, 0.717) is 9.94 Å². The molecule has 1 saturated heterocycles. The van der Waals surface area contributed by atoms with Crippen LogP contribution in [0.15, 0.2) is 12.1 Å². The molecule has 1 atom stereocenters. The fourth-order valence-corrected chi connectivity index (χ4v) is 2.61. The maximum Gasteiger partial charge on any atom is 0.490 e. The topological polar surface area (TPSA) is 92.9 Å². The molecule has 0 spiro atoms. The van der Waals surface area contributed by atoms with Crippen molar-refractivity contribution in [3.05, 3.63) is 17.0 Å². The summed E-state index contributed by atoms with van der Waals surface area (Å²) in [6.07, 6.45) is -5.47. The molecular weight excluding hydrogens is 375 g/mol.